The molecular weight excluding hydrogens is 212 g/mol. The molecule has 0 amide bonds. The van der Waals surface area contributed by atoms with E-state index in [-0.39, 0.29) is 0 Å². The van der Waals surface area contributed by atoms with Crippen LogP contribution < -0.4 is 0 Å². The van der Waals surface area contributed by atoms with Gasteiger partial charge >= 0.3 is 0 Å². The number of carbonyl (C=O) groups excluding carboxylic acids is 1. The number of nitrogens with zero attached hydrogens (tertiary/aromatic N) is 2. The third kappa shape index (κ3) is 2.00. The van der Waals surface area contributed by atoms with Crippen molar-refractivity contribution in [2.45, 2.75) is 27.3 Å². The molecule has 0 N–H and O–H groups in total. The summed E-state index contributed by atoms with van der Waals surface area (Å²) in [4.78, 5) is 10.9. The summed E-state index contributed by atoms with van der Waals surface area (Å²) >= 11 is 0. The Labute approximate surface area is 101 Å². The van der Waals surface area contributed by atoms with Gasteiger partial charge < -0.3 is 0 Å². The number of carbonyl (C=O) groups is 1. The zero-order valence-electron chi connectivity index (χ0n) is 10.4. The van der Waals surface area contributed by atoms with Crippen LogP contribution in [0, 0.1) is 13.8 Å². The molecule has 0 saturated carbocycles. The van der Waals surface area contributed by atoms with Crippen molar-refractivity contribution >= 4 is 6.29 Å². The fraction of sp³-hybridized carbons (Fsp3) is 0.286. The van der Waals surface area contributed by atoms with Gasteiger partial charge in [-0.3, -0.25) is 9.48 Å². The Hall–Kier alpha value is -1.90. The largest absolute Gasteiger partial charge is 0.298 e. The van der Waals surface area contributed by atoms with Gasteiger partial charge in [0.25, 0.3) is 0 Å². The maximum absolute atomic E-state index is 10.9. The highest BCUT2D eigenvalue weighted by Gasteiger charge is 2.09. The van der Waals surface area contributed by atoms with E-state index < -0.39 is 0 Å². The molecule has 0 radical (unpaired) electrons. The van der Waals surface area contributed by atoms with Crippen molar-refractivity contribution in [1.29, 1.82) is 0 Å². The lowest BCUT2D eigenvalue weighted by atomic mass is 9.98. The Morgan fingerprint density at radius 2 is 2.06 bits per heavy atom. The van der Waals surface area contributed by atoms with Gasteiger partial charge in [-0.15, -0.1) is 0 Å². The molecule has 0 atom stereocenters. The number of aldehydes is 1. The number of aromatic nitrogens is 2. The van der Waals surface area contributed by atoms with Gasteiger partial charge in [0.2, 0.25) is 0 Å². The Kier molecular flexibility index (Phi) is 3.09. The number of rotatable bonds is 3. The predicted octanol–water partition coefficient (Wildman–Crippen LogP) is 3.00. The molecule has 0 bridgehead atoms. The molecule has 17 heavy (non-hydrogen) atoms. The molecule has 88 valence electrons. The third-order valence-corrected chi connectivity index (χ3v) is 3.03. The van der Waals surface area contributed by atoms with Crippen LogP contribution >= 0.6 is 0 Å². The Balaban J connectivity index is 2.60. The molecule has 0 aliphatic heterocycles. The topological polar surface area (TPSA) is 34.9 Å². The van der Waals surface area contributed by atoms with Gasteiger partial charge in [0, 0.05) is 23.9 Å². The maximum Gasteiger partial charge on any atom is 0.150 e. The fourth-order valence-electron chi connectivity index (χ4n) is 2.05. The molecular formula is C14H16N2O. The van der Waals surface area contributed by atoms with Crippen molar-refractivity contribution < 1.29 is 4.79 Å². The van der Waals surface area contributed by atoms with E-state index in [1.54, 1.807) is 6.20 Å². The van der Waals surface area contributed by atoms with E-state index in [4.69, 9.17) is 0 Å². The van der Waals surface area contributed by atoms with Gasteiger partial charge in [-0.25, -0.2) is 0 Å². The minimum absolute atomic E-state index is 0.758. The molecule has 3 heteroatoms. The molecule has 2 rings (SSSR count). The first-order valence-electron chi connectivity index (χ1n) is 5.76. The zero-order valence-corrected chi connectivity index (χ0v) is 10.4. The average Bonchev–Trinajstić information content (AvgIpc) is 2.79. The maximum atomic E-state index is 10.9. The number of aryl methyl sites for hydroxylation is 3. The first-order chi connectivity index (χ1) is 8.17. The van der Waals surface area contributed by atoms with Crippen molar-refractivity contribution in [2.24, 2.45) is 0 Å². The molecule has 0 saturated heterocycles. The molecule has 0 aliphatic carbocycles. The first kappa shape index (κ1) is 11.6. The summed E-state index contributed by atoms with van der Waals surface area (Å²) in [7, 11) is 0. The minimum atomic E-state index is 0.758. The van der Waals surface area contributed by atoms with Gasteiger partial charge in [0.05, 0.1) is 5.69 Å². The van der Waals surface area contributed by atoms with Gasteiger partial charge in [-0.1, -0.05) is 0 Å². The van der Waals surface area contributed by atoms with E-state index >= 15 is 0 Å². The molecule has 2 aromatic rings. The highest BCUT2D eigenvalue weighted by atomic mass is 16.1. The smallest absolute Gasteiger partial charge is 0.150 e. The van der Waals surface area contributed by atoms with Crippen molar-refractivity contribution in [1.82, 2.24) is 9.78 Å². The molecule has 0 fully saturated rings. The van der Waals surface area contributed by atoms with Gasteiger partial charge in [0.15, 0.2) is 0 Å². The summed E-state index contributed by atoms with van der Waals surface area (Å²) in [6.07, 6.45) is 2.71. The highest BCUT2D eigenvalue weighted by molar-refractivity contribution is 5.80. The second-order valence-electron chi connectivity index (χ2n) is 4.17. The van der Waals surface area contributed by atoms with Crippen LogP contribution in [-0.2, 0) is 6.54 Å². The average molecular weight is 228 g/mol. The lowest BCUT2D eigenvalue weighted by molar-refractivity contribution is 0.112. The minimum Gasteiger partial charge on any atom is -0.298 e. The monoisotopic (exact) mass is 228 g/mol. The molecule has 1 aromatic carbocycles. The third-order valence-electron chi connectivity index (χ3n) is 3.03. The highest BCUT2D eigenvalue weighted by Crippen LogP contribution is 2.25. The molecule has 0 spiro atoms. The summed E-state index contributed by atoms with van der Waals surface area (Å²) in [6, 6.07) is 6.00. The number of hydrogen-bond acceptors (Lipinski definition) is 2. The zero-order chi connectivity index (χ0) is 12.4. The van der Waals surface area contributed by atoms with Crippen molar-refractivity contribution in [3.63, 3.8) is 0 Å². The first-order valence-corrected chi connectivity index (χ1v) is 5.76. The van der Waals surface area contributed by atoms with Gasteiger partial charge in [0.1, 0.15) is 6.29 Å². The van der Waals surface area contributed by atoms with Crippen LogP contribution in [0.2, 0.25) is 0 Å². The van der Waals surface area contributed by atoms with E-state index in [2.05, 4.69) is 18.1 Å². The molecule has 3 nitrogen and oxygen atoms in total. The summed E-state index contributed by atoms with van der Waals surface area (Å²) < 4.78 is 1.96. The van der Waals surface area contributed by atoms with E-state index in [1.165, 1.54) is 0 Å². The molecule has 1 heterocycles. The summed E-state index contributed by atoms with van der Waals surface area (Å²) in [5, 5.41) is 4.27. The van der Waals surface area contributed by atoms with Crippen LogP contribution in [-0.4, -0.2) is 16.1 Å². The van der Waals surface area contributed by atoms with Crippen LogP contribution in [0.15, 0.2) is 24.4 Å². The van der Waals surface area contributed by atoms with E-state index in [0.717, 1.165) is 40.8 Å². The Morgan fingerprint density at radius 1 is 1.29 bits per heavy atom. The molecule has 1 aromatic heterocycles. The van der Waals surface area contributed by atoms with Crippen molar-refractivity contribution in [3.8, 4) is 11.3 Å². The lowest BCUT2D eigenvalue weighted by Crippen LogP contribution is -2.01. The van der Waals surface area contributed by atoms with Crippen LogP contribution in [0.1, 0.15) is 28.4 Å². The van der Waals surface area contributed by atoms with E-state index in [0.29, 0.717) is 0 Å². The standard InChI is InChI=1S/C14H16N2O/c1-4-16-14(5-6-15-16)13-8-10(2)12(9-17)7-11(13)3/h5-9H,4H2,1-3H3. The molecule has 0 unspecified atom stereocenters. The van der Waals surface area contributed by atoms with Crippen LogP contribution in [0.4, 0.5) is 0 Å². The Morgan fingerprint density at radius 3 is 2.71 bits per heavy atom. The fourth-order valence-corrected chi connectivity index (χ4v) is 2.05. The Bertz CT molecular complexity index is 555. The normalized spacial score (nSPS) is 10.5. The summed E-state index contributed by atoms with van der Waals surface area (Å²) in [5.41, 5.74) is 5.11. The number of hydrogen-bond donors (Lipinski definition) is 0. The SMILES string of the molecule is CCn1nccc1-c1cc(C)c(C=O)cc1C. The second-order valence-corrected chi connectivity index (χ2v) is 4.17. The van der Waals surface area contributed by atoms with Crippen LogP contribution in [0.3, 0.4) is 0 Å². The quantitative estimate of drug-likeness (QED) is 0.757. The van der Waals surface area contributed by atoms with E-state index in [9.17, 15) is 4.79 Å². The van der Waals surface area contributed by atoms with E-state index in [1.807, 2.05) is 30.7 Å². The molecule has 0 aliphatic rings. The summed E-state index contributed by atoms with van der Waals surface area (Å²) in [5.74, 6) is 0. The van der Waals surface area contributed by atoms with Gasteiger partial charge in [-0.2, -0.15) is 5.10 Å². The second kappa shape index (κ2) is 4.53. The van der Waals surface area contributed by atoms with Crippen molar-refractivity contribution in [3.05, 3.63) is 41.1 Å². The summed E-state index contributed by atoms with van der Waals surface area (Å²) in [6.45, 7) is 6.89. The van der Waals surface area contributed by atoms with Crippen molar-refractivity contribution in [2.75, 3.05) is 0 Å². The van der Waals surface area contributed by atoms with Crippen LogP contribution in [0.25, 0.3) is 11.3 Å². The van der Waals surface area contributed by atoms with Gasteiger partial charge in [-0.05, 0) is 50.1 Å². The lowest BCUT2D eigenvalue weighted by Gasteiger charge is -2.10. The van der Waals surface area contributed by atoms with Crippen LogP contribution in [0.5, 0.6) is 0 Å². The number of benzene rings is 1. The predicted molar refractivity (Wildman–Crippen MR) is 68.2 cm³/mol.